The quantitative estimate of drug-likeness (QED) is 0.335. The number of ether oxygens (including phenoxy) is 1. The number of aliphatic hydroxyl groups is 1. The monoisotopic (exact) mass is 572 g/mol. The first kappa shape index (κ1) is 28.3. The van der Waals surface area contributed by atoms with Gasteiger partial charge < -0.3 is 25.6 Å². The van der Waals surface area contributed by atoms with Crippen molar-refractivity contribution in [3.8, 4) is 5.75 Å². The summed E-state index contributed by atoms with van der Waals surface area (Å²) >= 11 is 3.38. The Kier molecular flexibility index (Phi) is 8.32. The van der Waals surface area contributed by atoms with Crippen molar-refractivity contribution in [2.45, 2.75) is 76.5 Å². The van der Waals surface area contributed by atoms with Crippen molar-refractivity contribution in [1.29, 1.82) is 0 Å². The zero-order valence-corrected chi connectivity index (χ0v) is 22.2. The predicted molar refractivity (Wildman–Crippen MR) is 134 cm³/mol. The Bertz CT molecular complexity index is 1060. The maximum Gasteiger partial charge on any atom is 0.428 e. The Labute approximate surface area is 217 Å². The fraction of sp³-hybridized carbons (Fsp3) is 0.500. The number of alkyl halides is 3. The van der Waals surface area contributed by atoms with Crippen LogP contribution in [-0.4, -0.2) is 46.3 Å². The minimum Gasteiger partial charge on any atom is -0.478 e. The van der Waals surface area contributed by atoms with Crippen LogP contribution in [-0.2, 0) is 6.42 Å². The Balaban J connectivity index is 1.99. The van der Waals surface area contributed by atoms with Gasteiger partial charge in [0.1, 0.15) is 5.75 Å². The molecule has 1 heterocycles. The standard InChI is InChI=1S/C26H32BrF3N2O4/c1-24(2,3)22(21(33)18(32-23(34)35)12-15-8-6-5-7-9-15)31-19-14-25(4,26(28,29)30)36-20-11-10-16(27)13-17(19)20/h5-11,13,18-19,21-22,31-33H,12,14H2,1-4H3,(H,34,35)/t18-,19-,21+,22?,25?/m0/s1. The average molecular weight is 573 g/mol. The molecular formula is C26H32BrF3N2O4. The van der Waals surface area contributed by atoms with E-state index in [-0.39, 0.29) is 12.2 Å². The summed E-state index contributed by atoms with van der Waals surface area (Å²) in [7, 11) is 0. The third kappa shape index (κ3) is 6.52. The number of carboxylic acid groups (broad SMARTS) is 1. The van der Waals surface area contributed by atoms with Gasteiger partial charge in [0.05, 0.1) is 12.1 Å². The summed E-state index contributed by atoms with van der Waals surface area (Å²) in [6.45, 7) is 6.55. The Hall–Kier alpha value is -2.30. The number of amides is 1. The first-order valence-corrected chi connectivity index (χ1v) is 12.4. The highest BCUT2D eigenvalue weighted by atomic mass is 79.9. The van der Waals surface area contributed by atoms with Crippen molar-refractivity contribution in [3.63, 3.8) is 0 Å². The van der Waals surface area contributed by atoms with E-state index in [4.69, 9.17) is 4.74 Å². The molecular weight excluding hydrogens is 541 g/mol. The van der Waals surface area contributed by atoms with Gasteiger partial charge in [-0.1, -0.05) is 67.0 Å². The maximum atomic E-state index is 14.0. The van der Waals surface area contributed by atoms with Gasteiger partial charge in [0.15, 0.2) is 0 Å². The zero-order chi connectivity index (χ0) is 26.9. The first-order valence-electron chi connectivity index (χ1n) is 11.6. The lowest BCUT2D eigenvalue weighted by Gasteiger charge is -2.45. The van der Waals surface area contributed by atoms with E-state index in [1.54, 1.807) is 12.1 Å². The molecule has 6 nitrogen and oxygen atoms in total. The topological polar surface area (TPSA) is 90.8 Å². The van der Waals surface area contributed by atoms with Crippen molar-refractivity contribution in [2.75, 3.05) is 0 Å². The van der Waals surface area contributed by atoms with E-state index in [2.05, 4.69) is 26.6 Å². The molecule has 1 aliphatic heterocycles. The van der Waals surface area contributed by atoms with Crippen LogP contribution in [0.2, 0.25) is 0 Å². The Morgan fingerprint density at radius 3 is 2.39 bits per heavy atom. The van der Waals surface area contributed by atoms with Crippen LogP contribution in [0.25, 0.3) is 0 Å². The second-order valence-electron chi connectivity index (χ2n) is 10.5. The number of aliphatic hydroxyl groups excluding tert-OH is 1. The molecule has 1 amide bonds. The van der Waals surface area contributed by atoms with Crippen molar-refractivity contribution >= 4 is 22.0 Å². The molecule has 2 aromatic carbocycles. The van der Waals surface area contributed by atoms with Crippen LogP contribution in [0.15, 0.2) is 53.0 Å². The van der Waals surface area contributed by atoms with Gasteiger partial charge in [0, 0.05) is 28.5 Å². The van der Waals surface area contributed by atoms with Crippen LogP contribution in [0.4, 0.5) is 18.0 Å². The molecule has 1 aliphatic rings. The van der Waals surface area contributed by atoms with Crippen LogP contribution in [0, 0.1) is 5.41 Å². The van der Waals surface area contributed by atoms with Gasteiger partial charge in [0.2, 0.25) is 5.60 Å². The maximum absolute atomic E-state index is 14.0. The number of benzene rings is 2. The molecule has 2 unspecified atom stereocenters. The second kappa shape index (κ2) is 10.6. The Morgan fingerprint density at radius 1 is 1.19 bits per heavy atom. The molecule has 0 bridgehead atoms. The number of hydrogen-bond acceptors (Lipinski definition) is 4. The van der Waals surface area contributed by atoms with E-state index < -0.39 is 53.9 Å². The number of halogens is 4. The van der Waals surface area contributed by atoms with E-state index in [1.165, 1.54) is 6.07 Å². The molecule has 4 N–H and O–H groups in total. The smallest absolute Gasteiger partial charge is 0.428 e. The third-order valence-corrected chi connectivity index (χ3v) is 7.04. The predicted octanol–water partition coefficient (Wildman–Crippen LogP) is 5.84. The number of hydrogen-bond donors (Lipinski definition) is 4. The van der Waals surface area contributed by atoms with Crippen molar-refractivity contribution in [3.05, 3.63) is 64.1 Å². The SMILES string of the molecule is CC(C)(C)C(N[C@H]1CC(C)(C(F)(F)F)Oc2ccc(Br)cc21)[C@H](O)[C@H](Cc1ccccc1)NC(=O)O. The number of nitrogens with one attached hydrogen (secondary N) is 2. The third-order valence-electron chi connectivity index (χ3n) is 6.55. The van der Waals surface area contributed by atoms with Gasteiger partial charge in [-0.2, -0.15) is 13.2 Å². The highest BCUT2D eigenvalue weighted by Crippen LogP contribution is 2.48. The second-order valence-corrected chi connectivity index (χ2v) is 11.4. The van der Waals surface area contributed by atoms with E-state index in [0.717, 1.165) is 12.5 Å². The van der Waals surface area contributed by atoms with E-state index in [1.807, 2.05) is 51.1 Å². The molecule has 198 valence electrons. The highest BCUT2D eigenvalue weighted by Gasteiger charge is 2.57. The molecule has 3 rings (SSSR count). The van der Waals surface area contributed by atoms with Gasteiger partial charge in [-0.05, 0) is 42.5 Å². The van der Waals surface area contributed by atoms with Gasteiger partial charge in [-0.3, -0.25) is 0 Å². The zero-order valence-electron chi connectivity index (χ0n) is 20.6. The summed E-state index contributed by atoms with van der Waals surface area (Å²) < 4.78 is 48.2. The van der Waals surface area contributed by atoms with Crippen LogP contribution in [0.3, 0.4) is 0 Å². The van der Waals surface area contributed by atoms with E-state index >= 15 is 0 Å². The normalized spacial score (nSPS) is 22.6. The summed E-state index contributed by atoms with van der Waals surface area (Å²) in [5.74, 6) is 0.105. The summed E-state index contributed by atoms with van der Waals surface area (Å²) in [5, 5.41) is 26.6. The number of carbonyl (C=O) groups is 1. The van der Waals surface area contributed by atoms with Crippen LogP contribution >= 0.6 is 15.9 Å². The number of fused-ring (bicyclic) bond motifs is 1. The van der Waals surface area contributed by atoms with Gasteiger partial charge in [-0.15, -0.1) is 0 Å². The van der Waals surface area contributed by atoms with Crippen molar-refractivity contribution in [1.82, 2.24) is 10.6 Å². The van der Waals surface area contributed by atoms with Crippen LogP contribution < -0.4 is 15.4 Å². The molecule has 0 saturated carbocycles. The molecule has 0 fully saturated rings. The fourth-order valence-corrected chi connectivity index (χ4v) is 4.96. The minimum atomic E-state index is -4.63. The fourth-order valence-electron chi connectivity index (χ4n) is 4.58. The van der Waals surface area contributed by atoms with Crippen molar-refractivity contribution < 1.29 is 32.9 Å². The Morgan fingerprint density at radius 2 is 1.83 bits per heavy atom. The van der Waals surface area contributed by atoms with E-state index in [9.17, 15) is 28.2 Å². The molecule has 36 heavy (non-hydrogen) atoms. The lowest BCUT2D eigenvalue weighted by atomic mass is 9.78. The van der Waals surface area contributed by atoms with Gasteiger partial charge in [-0.25, -0.2) is 4.79 Å². The van der Waals surface area contributed by atoms with Crippen molar-refractivity contribution in [2.24, 2.45) is 5.41 Å². The molecule has 5 atom stereocenters. The van der Waals surface area contributed by atoms with Gasteiger partial charge in [0.25, 0.3) is 0 Å². The summed E-state index contributed by atoms with van der Waals surface area (Å²) in [6.07, 6.45) is -7.40. The lowest BCUT2D eigenvalue weighted by Crippen LogP contribution is -2.60. The molecule has 0 aromatic heterocycles. The molecule has 0 spiro atoms. The van der Waals surface area contributed by atoms with Crippen LogP contribution in [0.5, 0.6) is 5.75 Å². The van der Waals surface area contributed by atoms with E-state index in [0.29, 0.717) is 10.0 Å². The molecule has 0 aliphatic carbocycles. The summed E-state index contributed by atoms with van der Waals surface area (Å²) in [5.41, 5.74) is -1.75. The molecule has 0 saturated heterocycles. The summed E-state index contributed by atoms with van der Waals surface area (Å²) in [4.78, 5) is 11.6. The largest absolute Gasteiger partial charge is 0.478 e. The van der Waals surface area contributed by atoms with Crippen LogP contribution in [0.1, 0.15) is 51.3 Å². The first-order chi connectivity index (χ1) is 16.6. The van der Waals surface area contributed by atoms with Gasteiger partial charge >= 0.3 is 12.3 Å². The minimum absolute atomic E-state index is 0.105. The summed E-state index contributed by atoms with van der Waals surface area (Å²) in [6, 6.07) is 11.4. The molecule has 0 radical (unpaired) electrons. The lowest BCUT2D eigenvalue weighted by molar-refractivity contribution is -0.250. The highest BCUT2D eigenvalue weighted by molar-refractivity contribution is 9.10. The average Bonchev–Trinajstić information content (AvgIpc) is 2.75. The molecule has 2 aromatic rings. The molecule has 10 heteroatoms. The number of rotatable bonds is 7.